The summed E-state index contributed by atoms with van der Waals surface area (Å²) in [5.41, 5.74) is 4.80. The van der Waals surface area contributed by atoms with E-state index in [9.17, 15) is 14.3 Å². The molecule has 2 fully saturated rings. The van der Waals surface area contributed by atoms with Gasteiger partial charge in [-0.15, -0.1) is 0 Å². The van der Waals surface area contributed by atoms with Crippen molar-refractivity contribution in [2.45, 2.75) is 45.1 Å². The Kier molecular flexibility index (Phi) is 4.42. The zero-order valence-electron chi connectivity index (χ0n) is 16.4. The van der Waals surface area contributed by atoms with Gasteiger partial charge in [-0.25, -0.2) is 4.39 Å². The van der Waals surface area contributed by atoms with Gasteiger partial charge in [-0.3, -0.25) is 9.69 Å². The highest BCUT2D eigenvalue weighted by Crippen LogP contribution is 2.48. The van der Waals surface area contributed by atoms with Crippen LogP contribution in [0.25, 0.3) is 5.57 Å². The van der Waals surface area contributed by atoms with Gasteiger partial charge < -0.3 is 5.11 Å². The van der Waals surface area contributed by atoms with Crippen LogP contribution >= 0.6 is 0 Å². The third-order valence-corrected chi connectivity index (χ3v) is 7.28. The third kappa shape index (κ3) is 3.12. The van der Waals surface area contributed by atoms with Gasteiger partial charge >= 0.3 is 5.97 Å². The van der Waals surface area contributed by atoms with Crippen molar-refractivity contribution in [1.82, 2.24) is 4.90 Å². The van der Waals surface area contributed by atoms with Crippen molar-refractivity contribution in [3.05, 3.63) is 52.9 Å². The summed E-state index contributed by atoms with van der Waals surface area (Å²) in [7, 11) is 0. The molecule has 1 saturated heterocycles. The number of fused-ring (bicyclic) bond motifs is 1. The number of carboxylic acids is 1. The lowest BCUT2D eigenvalue weighted by Crippen LogP contribution is -2.26. The highest BCUT2D eigenvalue weighted by Gasteiger charge is 2.39. The van der Waals surface area contributed by atoms with Gasteiger partial charge in [-0.05, 0) is 78.8 Å². The number of hydrogen-bond donors (Lipinski definition) is 1. The lowest BCUT2D eigenvalue weighted by Gasteiger charge is -2.26. The van der Waals surface area contributed by atoms with Crippen LogP contribution in [0.2, 0.25) is 0 Å². The summed E-state index contributed by atoms with van der Waals surface area (Å²) < 4.78 is 14.7. The number of carbonyl (C=O) groups is 1. The van der Waals surface area contributed by atoms with Crippen LogP contribution < -0.4 is 0 Å². The van der Waals surface area contributed by atoms with E-state index in [0.29, 0.717) is 18.5 Å². The minimum Gasteiger partial charge on any atom is -0.481 e. The highest BCUT2D eigenvalue weighted by molar-refractivity contribution is 5.76. The SMILES string of the molecule is CC1C=C(c2ccc3c(c2)CCC3N2CC[C@@H](C(=O)O)C2)C=C(F)C1C1CC1. The number of aryl methyl sites for hydroxylation is 1. The molecule has 4 aliphatic rings. The van der Waals surface area contributed by atoms with Crippen LogP contribution in [0.15, 0.2) is 36.2 Å². The van der Waals surface area contributed by atoms with Crippen LogP contribution in [-0.2, 0) is 11.2 Å². The van der Waals surface area contributed by atoms with Crippen LogP contribution in [-0.4, -0.2) is 29.1 Å². The van der Waals surface area contributed by atoms with Crippen molar-refractivity contribution in [2.24, 2.45) is 23.7 Å². The molecule has 0 aromatic heterocycles. The summed E-state index contributed by atoms with van der Waals surface area (Å²) in [6.45, 7) is 3.66. The molecule has 0 amide bonds. The Balaban J connectivity index is 1.36. The van der Waals surface area contributed by atoms with Crippen molar-refractivity contribution in [3.63, 3.8) is 0 Å². The van der Waals surface area contributed by atoms with Gasteiger partial charge in [0.05, 0.1) is 5.92 Å². The second-order valence-electron chi connectivity index (χ2n) is 9.16. The van der Waals surface area contributed by atoms with Crippen LogP contribution in [0, 0.1) is 23.7 Å². The average molecular weight is 381 g/mol. The molecule has 1 heterocycles. The Morgan fingerprint density at radius 3 is 2.71 bits per heavy atom. The van der Waals surface area contributed by atoms with Gasteiger partial charge in [0.2, 0.25) is 0 Å². The smallest absolute Gasteiger partial charge is 0.307 e. The number of rotatable bonds is 4. The summed E-state index contributed by atoms with van der Waals surface area (Å²) in [5.74, 6) is 0.0333. The molecule has 3 nitrogen and oxygen atoms in total. The first-order chi connectivity index (χ1) is 13.5. The average Bonchev–Trinajstić information content (AvgIpc) is 3.20. The third-order valence-electron chi connectivity index (χ3n) is 7.28. The number of nitrogens with zero attached hydrogens (tertiary/aromatic N) is 1. The molecule has 5 rings (SSSR count). The largest absolute Gasteiger partial charge is 0.481 e. The molecule has 1 aromatic rings. The molecule has 148 valence electrons. The number of carboxylic acid groups (broad SMARTS) is 1. The number of aliphatic carboxylic acids is 1. The molecule has 0 bridgehead atoms. The monoisotopic (exact) mass is 381 g/mol. The number of halogens is 1. The molecule has 1 aromatic carbocycles. The van der Waals surface area contributed by atoms with Crippen LogP contribution in [0.3, 0.4) is 0 Å². The molecule has 1 N–H and O–H groups in total. The van der Waals surface area contributed by atoms with Gasteiger partial charge in [-0.1, -0.05) is 31.2 Å². The van der Waals surface area contributed by atoms with Crippen molar-refractivity contribution >= 4 is 11.5 Å². The molecule has 0 spiro atoms. The minimum atomic E-state index is -0.673. The first-order valence-electron chi connectivity index (χ1n) is 10.7. The summed E-state index contributed by atoms with van der Waals surface area (Å²) in [6, 6.07) is 6.89. The minimum absolute atomic E-state index is 0.0580. The van der Waals surface area contributed by atoms with Gasteiger partial charge in [0.1, 0.15) is 5.83 Å². The second kappa shape index (κ2) is 6.84. The Labute approximate surface area is 165 Å². The van der Waals surface area contributed by atoms with Crippen molar-refractivity contribution in [2.75, 3.05) is 13.1 Å². The van der Waals surface area contributed by atoms with Crippen molar-refractivity contribution in [3.8, 4) is 0 Å². The lowest BCUT2D eigenvalue weighted by atomic mass is 9.81. The van der Waals surface area contributed by atoms with Crippen LogP contribution in [0.1, 0.15) is 55.3 Å². The first kappa shape index (κ1) is 18.1. The lowest BCUT2D eigenvalue weighted by molar-refractivity contribution is -0.141. The fraction of sp³-hybridized carbons (Fsp3) is 0.542. The van der Waals surface area contributed by atoms with E-state index in [4.69, 9.17) is 0 Å². The zero-order valence-corrected chi connectivity index (χ0v) is 16.4. The number of benzene rings is 1. The summed E-state index contributed by atoms with van der Waals surface area (Å²) in [6.07, 6.45) is 9.15. The zero-order chi connectivity index (χ0) is 19.4. The Morgan fingerprint density at radius 1 is 1.21 bits per heavy atom. The van der Waals surface area contributed by atoms with Crippen LogP contribution in [0.4, 0.5) is 4.39 Å². The van der Waals surface area contributed by atoms with E-state index >= 15 is 0 Å². The maximum absolute atomic E-state index is 14.7. The number of likely N-dealkylation sites (tertiary alicyclic amines) is 1. The maximum atomic E-state index is 14.7. The normalized spacial score (nSPS) is 32.8. The molecule has 0 radical (unpaired) electrons. The molecule has 4 atom stereocenters. The Bertz CT molecular complexity index is 869. The number of allylic oxidation sites excluding steroid dienone is 4. The molecule has 28 heavy (non-hydrogen) atoms. The fourth-order valence-corrected chi connectivity index (χ4v) is 5.65. The molecule has 4 heteroatoms. The fourth-order valence-electron chi connectivity index (χ4n) is 5.65. The maximum Gasteiger partial charge on any atom is 0.307 e. The Morgan fingerprint density at radius 2 is 2.04 bits per heavy atom. The molecule has 3 unspecified atom stereocenters. The Hall–Kier alpha value is -1.94. The standard InChI is InChI=1S/C24H28FNO2/c1-14-10-19(12-21(25)23(14)15-2-3-15)16-4-6-20-17(11-16)5-7-22(20)26-9-8-18(13-26)24(27)28/h4,6,10-12,14-15,18,22-23H,2-3,5,7-9,13H2,1H3,(H,27,28)/t14?,18-,22?,23?/m1/s1. The van der Waals surface area contributed by atoms with E-state index < -0.39 is 5.97 Å². The molecular formula is C24H28FNO2. The predicted octanol–water partition coefficient (Wildman–Crippen LogP) is 4.99. The molecule has 1 saturated carbocycles. The summed E-state index contributed by atoms with van der Waals surface area (Å²) in [5, 5.41) is 9.28. The molecule has 3 aliphatic carbocycles. The summed E-state index contributed by atoms with van der Waals surface area (Å²) in [4.78, 5) is 13.6. The second-order valence-corrected chi connectivity index (χ2v) is 9.16. The van der Waals surface area contributed by atoms with Crippen LogP contribution in [0.5, 0.6) is 0 Å². The van der Waals surface area contributed by atoms with E-state index in [-0.39, 0.29) is 23.6 Å². The molecular weight excluding hydrogens is 353 g/mol. The van der Waals surface area contributed by atoms with Crippen molar-refractivity contribution in [1.29, 1.82) is 0 Å². The van der Waals surface area contributed by atoms with E-state index in [1.807, 2.05) is 0 Å². The van der Waals surface area contributed by atoms with Gasteiger partial charge in [0.15, 0.2) is 0 Å². The predicted molar refractivity (Wildman–Crippen MR) is 107 cm³/mol. The van der Waals surface area contributed by atoms with Gasteiger partial charge in [0, 0.05) is 18.5 Å². The molecule has 1 aliphatic heterocycles. The van der Waals surface area contributed by atoms with Crippen molar-refractivity contribution < 1.29 is 14.3 Å². The van der Waals surface area contributed by atoms with Gasteiger partial charge in [0.25, 0.3) is 0 Å². The summed E-state index contributed by atoms with van der Waals surface area (Å²) >= 11 is 0. The quantitative estimate of drug-likeness (QED) is 0.798. The van der Waals surface area contributed by atoms with E-state index in [2.05, 4.69) is 36.1 Å². The highest BCUT2D eigenvalue weighted by atomic mass is 19.1. The van der Waals surface area contributed by atoms with Gasteiger partial charge in [-0.2, -0.15) is 0 Å². The van der Waals surface area contributed by atoms with E-state index in [0.717, 1.165) is 36.9 Å². The van der Waals surface area contributed by atoms with E-state index in [1.54, 1.807) is 6.08 Å². The first-order valence-corrected chi connectivity index (χ1v) is 10.7. The topological polar surface area (TPSA) is 40.5 Å². The number of hydrogen-bond acceptors (Lipinski definition) is 2. The van der Waals surface area contributed by atoms with E-state index in [1.165, 1.54) is 24.0 Å².